The first-order chi connectivity index (χ1) is 10.2. The molecule has 1 aromatic rings. The molecule has 0 aromatic heterocycles. The molecule has 0 aliphatic heterocycles. The summed E-state index contributed by atoms with van der Waals surface area (Å²) in [4.78, 5) is 6.63. The van der Waals surface area contributed by atoms with Gasteiger partial charge in [0, 0.05) is 38.4 Å². The van der Waals surface area contributed by atoms with Crippen LogP contribution in [0.5, 0.6) is 0 Å². The molecule has 1 fully saturated rings. The second-order valence-electron chi connectivity index (χ2n) is 5.43. The fraction of sp³-hybridized carbons (Fsp3) is 0.562. The minimum absolute atomic E-state index is 0. The van der Waals surface area contributed by atoms with E-state index < -0.39 is 0 Å². The zero-order valence-corrected chi connectivity index (χ0v) is 15.6. The SMILES string of the molecule is CCNC(=NCCCN(C)c1cccc(F)c1)NC1CC1.I. The van der Waals surface area contributed by atoms with Crippen molar-refractivity contribution in [3.8, 4) is 0 Å². The van der Waals surface area contributed by atoms with Crippen LogP contribution in [0.15, 0.2) is 29.3 Å². The Bertz CT molecular complexity index is 477. The lowest BCUT2D eigenvalue weighted by molar-refractivity contribution is 0.627. The molecule has 2 N–H and O–H groups in total. The highest BCUT2D eigenvalue weighted by Crippen LogP contribution is 2.18. The first-order valence-electron chi connectivity index (χ1n) is 7.70. The predicted molar refractivity (Wildman–Crippen MR) is 102 cm³/mol. The van der Waals surface area contributed by atoms with E-state index in [0.717, 1.165) is 37.7 Å². The Morgan fingerprint density at radius 3 is 2.82 bits per heavy atom. The highest BCUT2D eigenvalue weighted by molar-refractivity contribution is 14.0. The summed E-state index contributed by atoms with van der Waals surface area (Å²) >= 11 is 0. The lowest BCUT2D eigenvalue weighted by atomic mass is 10.2. The van der Waals surface area contributed by atoms with E-state index in [9.17, 15) is 4.39 Å². The standard InChI is InChI=1S/C16H25FN4.HI/c1-3-18-16(20-14-8-9-14)19-10-5-11-21(2)15-7-4-6-13(17)12-15;/h4,6-7,12,14H,3,5,8-11H2,1-2H3,(H2,18,19,20);1H. The maximum atomic E-state index is 13.2. The summed E-state index contributed by atoms with van der Waals surface area (Å²) in [5.74, 6) is 0.717. The van der Waals surface area contributed by atoms with Crippen LogP contribution in [0.2, 0.25) is 0 Å². The third-order valence-electron chi connectivity index (χ3n) is 3.43. The van der Waals surface area contributed by atoms with Gasteiger partial charge < -0.3 is 15.5 Å². The Hall–Kier alpha value is -1.05. The van der Waals surface area contributed by atoms with Crippen LogP contribution in [0.1, 0.15) is 26.2 Å². The minimum atomic E-state index is -0.194. The number of guanidine groups is 1. The molecular weight excluding hydrogens is 394 g/mol. The van der Waals surface area contributed by atoms with E-state index in [-0.39, 0.29) is 29.8 Å². The number of hydrogen-bond donors (Lipinski definition) is 2. The van der Waals surface area contributed by atoms with Gasteiger partial charge in [0.25, 0.3) is 0 Å². The molecular formula is C16H26FIN4. The molecule has 1 aliphatic rings. The van der Waals surface area contributed by atoms with Crippen LogP contribution in [-0.4, -0.2) is 38.7 Å². The maximum Gasteiger partial charge on any atom is 0.191 e. The van der Waals surface area contributed by atoms with Gasteiger partial charge >= 0.3 is 0 Å². The summed E-state index contributed by atoms with van der Waals surface area (Å²) < 4.78 is 13.2. The van der Waals surface area contributed by atoms with E-state index in [2.05, 4.69) is 27.4 Å². The van der Waals surface area contributed by atoms with E-state index in [1.54, 1.807) is 12.1 Å². The van der Waals surface area contributed by atoms with Crippen LogP contribution in [0.3, 0.4) is 0 Å². The minimum Gasteiger partial charge on any atom is -0.374 e. The molecule has 0 bridgehead atoms. The summed E-state index contributed by atoms with van der Waals surface area (Å²) in [6, 6.07) is 7.29. The van der Waals surface area contributed by atoms with Crippen molar-refractivity contribution in [3.63, 3.8) is 0 Å². The highest BCUT2D eigenvalue weighted by atomic mass is 127. The summed E-state index contributed by atoms with van der Waals surface area (Å²) in [5, 5.41) is 6.65. The van der Waals surface area contributed by atoms with Gasteiger partial charge in [-0.15, -0.1) is 24.0 Å². The zero-order valence-electron chi connectivity index (χ0n) is 13.3. The molecule has 124 valence electrons. The molecule has 1 saturated carbocycles. The molecule has 0 heterocycles. The number of nitrogens with one attached hydrogen (secondary N) is 2. The highest BCUT2D eigenvalue weighted by Gasteiger charge is 2.21. The average molecular weight is 420 g/mol. The smallest absolute Gasteiger partial charge is 0.191 e. The Kier molecular flexibility index (Phi) is 8.52. The summed E-state index contributed by atoms with van der Waals surface area (Å²) in [5.41, 5.74) is 0.905. The van der Waals surface area contributed by atoms with Crippen molar-refractivity contribution >= 4 is 35.6 Å². The number of benzene rings is 1. The van der Waals surface area contributed by atoms with Crippen molar-refractivity contribution < 1.29 is 4.39 Å². The third-order valence-corrected chi connectivity index (χ3v) is 3.43. The molecule has 6 heteroatoms. The Labute approximate surface area is 149 Å². The van der Waals surface area contributed by atoms with Crippen molar-refractivity contribution in [2.45, 2.75) is 32.2 Å². The van der Waals surface area contributed by atoms with Gasteiger partial charge in [0.1, 0.15) is 5.82 Å². The zero-order chi connectivity index (χ0) is 15.1. The van der Waals surface area contributed by atoms with E-state index in [4.69, 9.17) is 0 Å². The van der Waals surface area contributed by atoms with Gasteiger partial charge in [0.2, 0.25) is 0 Å². The molecule has 0 unspecified atom stereocenters. The second kappa shape index (κ2) is 9.86. The van der Waals surface area contributed by atoms with Crippen LogP contribution in [-0.2, 0) is 0 Å². The third kappa shape index (κ3) is 6.81. The van der Waals surface area contributed by atoms with Crippen LogP contribution in [0.25, 0.3) is 0 Å². The van der Waals surface area contributed by atoms with Crippen molar-refractivity contribution in [2.75, 3.05) is 31.6 Å². The number of rotatable bonds is 7. The van der Waals surface area contributed by atoms with Crippen LogP contribution < -0.4 is 15.5 Å². The fourth-order valence-electron chi connectivity index (χ4n) is 2.08. The van der Waals surface area contributed by atoms with Crippen molar-refractivity contribution in [3.05, 3.63) is 30.1 Å². The van der Waals surface area contributed by atoms with E-state index in [1.807, 2.05) is 13.1 Å². The number of nitrogens with zero attached hydrogens (tertiary/aromatic N) is 2. The molecule has 22 heavy (non-hydrogen) atoms. The van der Waals surface area contributed by atoms with Gasteiger partial charge in [-0.05, 0) is 44.4 Å². The average Bonchev–Trinajstić information content (AvgIpc) is 3.27. The lowest BCUT2D eigenvalue weighted by Gasteiger charge is -2.19. The molecule has 2 rings (SSSR count). The molecule has 0 atom stereocenters. The van der Waals surface area contributed by atoms with Gasteiger partial charge in [0.05, 0.1) is 0 Å². The quantitative estimate of drug-likeness (QED) is 0.309. The van der Waals surface area contributed by atoms with Crippen molar-refractivity contribution in [1.29, 1.82) is 0 Å². The first-order valence-corrected chi connectivity index (χ1v) is 7.70. The number of aliphatic imine (C=N–C) groups is 1. The van der Waals surface area contributed by atoms with Gasteiger partial charge in [-0.1, -0.05) is 6.07 Å². The van der Waals surface area contributed by atoms with E-state index in [0.29, 0.717) is 6.04 Å². The summed E-state index contributed by atoms with van der Waals surface area (Å²) in [6.07, 6.45) is 3.42. The first kappa shape index (κ1) is 19.0. The van der Waals surface area contributed by atoms with Gasteiger partial charge in [-0.25, -0.2) is 4.39 Å². The van der Waals surface area contributed by atoms with Crippen molar-refractivity contribution in [1.82, 2.24) is 10.6 Å². The molecule has 1 aromatic carbocycles. The summed E-state index contributed by atoms with van der Waals surface area (Å²) in [7, 11) is 1.98. The van der Waals surface area contributed by atoms with Crippen LogP contribution in [0, 0.1) is 5.82 Å². The largest absolute Gasteiger partial charge is 0.374 e. The number of anilines is 1. The fourth-order valence-corrected chi connectivity index (χ4v) is 2.08. The predicted octanol–water partition coefficient (Wildman–Crippen LogP) is 2.99. The molecule has 0 saturated heterocycles. The Morgan fingerprint density at radius 2 is 2.18 bits per heavy atom. The van der Waals surface area contributed by atoms with E-state index >= 15 is 0 Å². The Morgan fingerprint density at radius 1 is 1.41 bits per heavy atom. The Balaban J connectivity index is 0.00000242. The molecule has 4 nitrogen and oxygen atoms in total. The second-order valence-corrected chi connectivity index (χ2v) is 5.43. The topological polar surface area (TPSA) is 39.7 Å². The van der Waals surface area contributed by atoms with Gasteiger partial charge in [-0.3, -0.25) is 4.99 Å². The van der Waals surface area contributed by atoms with Gasteiger partial charge in [-0.2, -0.15) is 0 Å². The number of halogens is 2. The van der Waals surface area contributed by atoms with Crippen LogP contribution in [0.4, 0.5) is 10.1 Å². The molecule has 0 spiro atoms. The maximum absolute atomic E-state index is 13.2. The van der Waals surface area contributed by atoms with Crippen molar-refractivity contribution in [2.24, 2.45) is 4.99 Å². The monoisotopic (exact) mass is 420 g/mol. The normalized spacial score (nSPS) is 14.2. The molecule has 0 amide bonds. The van der Waals surface area contributed by atoms with E-state index in [1.165, 1.54) is 18.9 Å². The summed E-state index contributed by atoms with van der Waals surface area (Å²) in [6.45, 7) is 4.57. The molecule has 0 radical (unpaired) electrons. The lowest BCUT2D eigenvalue weighted by Crippen LogP contribution is -2.38. The van der Waals surface area contributed by atoms with Crippen LogP contribution >= 0.6 is 24.0 Å². The van der Waals surface area contributed by atoms with Gasteiger partial charge in [0.15, 0.2) is 5.96 Å². The molecule has 1 aliphatic carbocycles. The number of hydrogen-bond acceptors (Lipinski definition) is 2.